The van der Waals surface area contributed by atoms with Crippen molar-refractivity contribution in [1.29, 1.82) is 0 Å². The van der Waals surface area contributed by atoms with Crippen LogP contribution in [0.2, 0.25) is 0 Å². The number of primary amides is 1. The van der Waals surface area contributed by atoms with Crippen LogP contribution in [0.15, 0.2) is 0 Å². The fraction of sp³-hybridized carbons (Fsp3) is 0.676. The normalized spacial score (nSPS) is 18.7. The summed E-state index contributed by atoms with van der Waals surface area (Å²) in [5, 5.41) is 54.5. The van der Waals surface area contributed by atoms with Crippen molar-refractivity contribution in [2.75, 3.05) is 13.1 Å². The average molecular weight is 884 g/mol. The number of likely N-dealkylation sites (tertiary alicyclic amines) is 1. The fourth-order valence-corrected chi connectivity index (χ4v) is 6.68. The van der Waals surface area contributed by atoms with Crippen molar-refractivity contribution in [2.45, 2.75) is 140 Å². The molecule has 0 aromatic rings. The summed E-state index contributed by atoms with van der Waals surface area (Å²) in [7, 11) is 0. The highest BCUT2D eigenvalue weighted by molar-refractivity contribution is 5.98. The third-order valence-corrected chi connectivity index (χ3v) is 10.1. The molecular formula is C37H57N9O16. The number of hydrogen-bond acceptors (Lipinski definition) is 13. The molecule has 0 saturated carbocycles. The third-order valence-electron chi connectivity index (χ3n) is 10.1. The number of nitrogens with one attached hydrogen (secondary N) is 7. The molecule has 0 aromatic carbocycles. The molecule has 25 heteroatoms. The van der Waals surface area contributed by atoms with Crippen LogP contribution in [-0.2, 0) is 57.5 Å². The van der Waals surface area contributed by atoms with E-state index in [0.717, 1.165) is 18.2 Å². The molecule has 2 aliphatic rings. The second-order valence-corrected chi connectivity index (χ2v) is 15.3. The van der Waals surface area contributed by atoms with E-state index in [1.54, 1.807) is 13.8 Å². The van der Waals surface area contributed by atoms with E-state index in [0.29, 0.717) is 19.4 Å². The zero-order valence-corrected chi connectivity index (χ0v) is 34.6. The van der Waals surface area contributed by atoms with Crippen LogP contribution in [-0.4, -0.2) is 158 Å². The molecule has 25 nitrogen and oxygen atoms in total. The van der Waals surface area contributed by atoms with Crippen LogP contribution in [0, 0.1) is 5.92 Å². The number of aliphatic carboxylic acids is 4. The van der Waals surface area contributed by atoms with Crippen LogP contribution in [0.25, 0.3) is 0 Å². The molecular weight excluding hydrogens is 826 g/mol. The molecule has 2 saturated heterocycles. The van der Waals surface area contributed by atoms with E-state index >= 15 is 0 Å². The quantitative estimate of drug-likeness (QED) is 0.0392. The van der Waals surface area contributed by atoms with Gasteiger partial charge in [0.15, 0.2) is 0 Å². The number of amides is 8. The molecule has 0 radical (unpaired) electrons. The summed E-state index contributed by atoms with van der Waals surface area (Å²) in [6.07, 6.45) is -2.79. The predicted molar refractivity (Wildman–Crippen MR) is 210 cm³/mol. The molecule has 2 heterocycles. The van der Waals surface area contributed by atoms with Crippen molar-refractivity contribution in [3.05, 3.63) is 0 Å². The molecule has 0 aromatic heterocycles. The first-order chi connectivity index (χ1) is 29.0. The van der Waals surface area contributed by atoms with Crippen molar-refractivity contribution in [1.82, 2.24) is 42.1 Å². The highest BCUT2D eigenvalue weighted by atomic mass is 16.4. The number of rotatable bonds is 26. The lowest BCUT2D eigenvalue weighted by molar-refractivity contribution is -0.149. The molecule has 2 aliphatic heterocycles. The van der Waals surface area contributed by atoms with E-state index in [-0.39, 0.29) is 13.0 Å². The first kappa shape index (κ1) is 51.7. The molecule has 8 unspecified atom stereocenters. The molecule has 62 heavy (non-hydrogen) atoms. The molecule has 2 rings (SSSR count). The van der Waals surface area contributed by atoms with Gasteiger partial charge in [0, 0.05) is 25.8 Å². The van der Waals surface area contributed by atoms with Crippen molar-refractivity contribution in [3.8, 4) is 0 Å². The van der Waals surface area contributed by atoms with Gasteiger partial charge in [-0.15, -0.1) is 0 Å². The maximum absolute atomic E-state index is 13.6. The van der Waals surface area contributed by atoms with Crippen LogP contribution in [0.4, 0.5) is 0 Å². The van der Waals surface area contributed by atoms with E-state index in [1.165, 1.54) is 0 Å². The lowest BCUT2D eigenvalue weighted by atomic mass is 10.0. The average Bonchev–Trinajstić information content (AvgIpc) is 3.91. The van der Waals surface area contributed by atoms with Gasteiger partial charge >= 0.3 is 23.9 Å². The molecule has 8 amide bonds. The van der Waals surface area contributed by atoms with Crippen molar-refractivity contribution < 1.29 is 78.0 Å². The topological polar surface area (TPSA) is 399 Å². The zero-order valence-electron chi connectivity index (χ0n) is 34.6. The third kappa shape index (κ3) is 16.9. The fourth-order valence-electron chi connectivity index (χ4n) is 6.68. The summed E-state index contributed by atoms with van der Waals surface area (Å²) in [4.78, 5) is 152. The molecule has 0 aliphatic carbocycles. The lowest BCUT2D eigenvalue weighted by Crippen LogP contribution is -2.60. The van der Waals surface area contributed by atoms with E-state index in [2.05, 4.69) is 37.2 Å². The van der Waals surface area contributed by atoms with Gasteiger partial charge in [-0.2, -0.15) is 0 Å². The summed E-state index contributed by atoms with van der Waals surface area (Å²) in [5.41, 5.74) is 5.27. The Morgan fingerprint density at radius 2 is 1.08 bits per heavy atom. The van der Waals surface area contributed by atoms with Gasteiger partial charge in [0.05, 0.1) is 12.5 Å². The SMILES string of the molecule is CC(NC(=O)C(CCC(=O)O)NC(=O)C(CCC(=O)O)NC(=O)C(NC(=O)C1CCCN1)C(C)C)C(=O)NC(CCC(=O)O)C(=O)NC(CC(N)=O)C(=O)N1CCCC1C(=O)O. The Balaban J connectivity index is 2.26. The van der Waals surface area contributed by atoms with E-state index in [4.69, 9.17) is 5.73 Å². The maximum Gasteiger partial charge on any atom is 0.326 e. The maximum atomic E-state index is 13.6. The van der Waals surface area contributed by atoms with E-state index in [1.807, 2.05) is 0 Å². The van der Waals surface area contributed by atoms with Gasteiger partial charge in [0.2, 0.25) is 47.3 Å². The Kier molecular flexibility index (Phi) is 20.7. The van der Waals surface area contributed by atoms with Gasteiger partial charge in [-0.25, -0.2) is 4.79 Å². The van der Waals surface area contributed by atoms with Gasteiger partial charge in [-0.05, 0) is 64.3 Å². The van der Waals surface area contributed by atoms with Gasteiger partial charge in [0.25, 0.3) is 0 Å². The molecule has 0 bridgehead atoms. The van der Waals surface area contributed by atoms with Gasteiger partial charge < -0.3 is 68.3 Å². The van der Waals surface area contributed by atoms with Gasteiger partial charge in [-0.1, -0.05) is 13.8 Å². The first-order valence-electron chi connectivity index (χ1n) is 20.0. The zero-order chi connectivity index (χ0) is 46.8. The molecule has 13 N–H and O–H groups in total. The number of nitrogens with two attached hydrogens (primary N) is 1. The number of nitrogens with zero attached hydrogens (tertiary/aromatic N) is 1. The number of carbonyl (C=O) groups is 12. The smallest absolute Gasteiger partial charge is 0.326 e. The number of carbonyl (C=O) groups excluding carboxylic acids is 8. The van der Waals surface area contributed by atoms with Crippen LogP contribution in [0.3, 0.4) is 0 Å². The van der Waals surface area contributed by atoms with Gasteiger partial charge in [0.1, 0.15) is 42.3 Å². The lowest BCUT2D eigenvalue weighted by Gasteiger charge is -2.28. The molecule has 2 fully saturated rings. The summed E-state index contributed by atoms with van der Waals surface area (Å²) in [6.45, 7) is 4.95. The monoisotopic (exact) mass is 883 g/mol. The van der Waals surface area contributed by atoms with Crippen LogP contribution >= 0.6 is 0 Å². The van der Waals surface area contributed by atoms with Crippen LogP contribution < -0.4 is 43.0 Å². The Morgan fingerprint density at radius 3 is 1.52 bits per heavy atom. The second-order valence-electron chi connectivity index (χ2n) is 15.3. The summed E-state index contributed by atoms with van der Waals surface area (Å²) >= 11 is 0. The van der Waals surface area contributed by atoms with Crippen molar-refractivity contribution in [2.24, 2.45) is 11.7 Å². The Bertz CT molecular complexity index is 1720. The van der Waals surface area contributed by atoms with Gasteiger partial charge in [-0.3, -0.25) is 52.7 Å². The summed E-state index contributed by atoms with van der Waals surface area (Å²) < 4.78 is 0. The number of hydrogen-bond donors (Lipinski definition) is 12. The van der Waals surface area contributed by atoms with E-state index < -0.39 is 170 Å². The minimum atomic E-state index is -1.72. The van der Waals surface area contributed by atoms with Crippen LogP contribution in [0.5, 0.6) is 0 Å². The second kappa shape index (κ2) is 24.8. The first-order valence-corrected chi connectivity index (χ1v) is 20.0. The Morgan fingerprint density at radius 1 is 0.613 bits per heavy atom. The van der Waals surface area contributed by atoms with Crippen LogP contribution in [0.1, 0.15) is 91.4 Å². The Labute approximate surface area is 355 Å². The Hall–Kier alpha value is -6.40. The predicted octanol–water partition coefficient (Wildman–Crippen LogP) is -4.13. The largest absolute Gasteiger partial charge is 0.481 e. The standard InChI is InChI=1S/C37H57N9O16/c1-17(2)29(45-31(55)19-6-4-14-39-19)35(59)43-22(10-13-28(52)53)33(57)42-20(8-11-26(48)49)32(56)40-18(3)30(54)41-21(9-12-27(50)51)34(58)44-23(16-25(38)47)36(60)46-15-5-7-24(46)37(61)62/h17-24,29,39H,4-16H2,1-3H3,(H2,38,47)(H,40,56)(H,41,54)(H,42,57)(H,43,59)(H,44,58)(H,45,55)(H,48,49)(H,50,51)(H,52,53)(H,61,62). The minimum absolute atomic E-state index is 0.0143. The molecule has 0 spiro atoms. The molecule has 8 atom stereocenters. The summed E-state index contributed by atoms with van der Waals surface area (Å²) in [5.74, 6) is -13.8. The minimum Gasteiger partial charge on any atom is -0.481 e. The highest BCUT2D eigenvalue weighted by Gasteiger charge is 2.40. The number of carboxylic acids is 4. The van der Waals surface area contributed by atoms with Crippen molar-refractivity contribution >= 4 is 71.1 Å². The molecule has 346 valence electrons. The highest BCUT2D eigenvalue weighted by Crippen LogP contribution is 2.19. The van der Waals surface area contributed by atoms with Crippen molar-refractivity contribution in [3.63, 3.8) is 0 Å². The van der Waals surface area contributed by atoms with E-state index in [9.17, 15) is 78.0 Å². The number of carboxylic acid groups (broad SMARTS) is 4. The summed E-state index contributed by atoms with van der Waals surface area (Å²) in [6, 6.07) is -11.3.